The van der Waals surface area contributed by atoms with Crippen molar-refractivity contribution in [3.63, 3.8) is 0 Å². The standard InChI is InChI=1S/C12H12ClN3/c1-7-3-4-9(5-10(7)13)11-6-12(14)16-8(2)15-11/h3-6H,1-2H3,(H2,14,15,16). The Kier molecular flexibility index (Phi) is 2.79. The van der Waals surface area contributed by atoms with E-state index in [0.717, 1.165) is 21.8 Å². The number of aryl methyl sites for hydroxylation is 2. The number of hydrogen-bond acceptors (Lipinski definition) is 3. The summed E-state index contributed by atoms with van der Waals surface area (Å²) in [5, 5.41) is 0.729. The molecule has 0 aliphatic carbocycles. The van der Waals surface area contributed by atoms with E-state index in [1.165, 1.54) is 0 Å². The average Bonchev–Trinajstić information content (AvgIpc) is 2.20. The normalized spacial score (nSPS) is 10.4. The Bertz CT molecular complexity index is 518. The van der Waals surface area contributed by atoms with Gasteiger partial charge in [-0.2, -0.15) is 0 Å². The van der Waals surface area contributed by atoms with Crippen LogP contribution in [-0.4, -0.2) is 9.97 Å². The molecule has 0 bridgehead atoms. The molecule has 0 fully saturated rings. The molecule has 1 aromatic carbocycles. The van der Waals surface area contributed by atoms with Crippen LogP contribution in [0, 0.1) is 13.8 Å². The molecule has 0 aliphatic heterocycles. The maximum Gasteiger partial charge on any atom is 0.128 e. The van der Waals surface area contributed by atoms with E-state index in [2.05, 4.69) is 9.97 Å². The Balaban J connectivity index is 2.54. The molecule has 0 aliphatic rings. The Morgan fingerprint density at radius 2 is 1.88 bits per heavy atom. The van der Waals surface area contributed by atoms with Crippen molar-refractivity contribution in [2.24, 2.45) is 0 Å². The molecule has 1 aromatic heterocycles. The van der Waals surface area contributed by atoms with Crippen molar-refractivity contribution in [1.82, 2.24) is 9.97 Å². The molecule has 2 N–H and O–H groups in total. The van der Waals surface area contributed by atoms with Crippen molar-refractivity contribution in [2.45, 2.75) is 13.8 Å². The van der Waals surface area contributed by atoms with Crippen molar-refractivity contribution >= 4 is 17.4 Å². The summed E-state index contributed by atoms with van der Waals surface area (Å²) in [6, 6.07) is 7.57. The molecule has 0 atom stereocenters. The molecule has 3 nitrogen and oxygen atoms in total. The lowest BCUT2D eigenvalue weighted by Crippen LogP contribution is -1.97. The Hall–Kier alpha value is -1.61. The van der Waals surface area contributed by atoms with Gasteiger partial charge in [-0.05, 0) is 25.5 Å². The number of nitrogens with zero attached hydrogens (tertiary/aromatic N) is 2. The fourth-order valence-electron chi connectivity index (χ4n) is 1.49. The summed E-state index contributed by atoms with van der Waals surface area (Å²) in [6.45, 7) is 3.78. The first-order valence-electron chi connectivity index (χ1n) is 4.94. The van der Waals surface area contributed by atoms with Crippen molar-refractivity contribution in [2.75, 3.05) is 5.73 Å². The summed E-state index contributed by atoms with van der Waals surface area (Å²) in [5.41, 5.74) is 8.48. The number of aromatic nitrogens is 2. The first-order chi connectivity index (χ1) is 7.56. The van der Waals surface area contributed by atoms with Gasteiger partial charge < -0.3 is 5.73 Å². The van der Waals surface area contributed by atoms with Crippen LogP contribution >= 0.6 is 11.6 Å². The number of hydrogen-bond donors (Lipinski definition) is 1. The highest BCUT2D eigenvalue weighted by Crippen LogP contribution is 2.24. The summed E-state index contributed by atoms with van der Waals surface area (Å²) in [4.78, 5) is 8.36. The average molecular weight is 234 g/mol. The number of rotatable bonds is 1. The van der Waals surface area contributed by atoms with Gasteiger partial charge in [0.1, 0.15) is 11.6 Å². The molecule has 1 heterocycles. The highest BCUT2D eigenvalue weighted by molar-refractivity contribution is 6.31. The minimum Gasteiger partial charge on any atom is -0.384 e. The Morgan fingerprint density at radius 3 is 2.50 bits per heavy atom. The van der Waals surface area contributed by atoms with Crippen LogP contribution in [0.15, 0.2) is 24.3 Å². The molecule has 0 spiro atoms. The molecule has 2 aromatic rings. The minimum atomic E-state index is 0.471. The SMILES string of the molecule is Cc1nc(N)cc(-c2ccc(C)c(Cl)c2)n1. The van der Waals surface area contributed by atoms with Crippen LogP contribution in [0.4, 0.5) is 5.82 Å². The van der Waals surface area contributed by atoms with Crippen LogP contribution in [0.5, 0.6) is 0 Å². The number of nitrogen functional groups attached to an aromatic ring is 1. The summed E-state index contributed by atoms with van der Waals surface area (Å²) in [5.74, 6) is 1.13. The van der Waals surface area contributed by atoms with Crippen molar-refractivity contribution in [3.05, 3.63) is 40.7 Å². The predicted molar refractivity (Wildman–Crippen MR) is 66.4 cm³/mol. The van der Waals surface area contributed by atoms with E-state index in [-0.39, 0.29) is 0 Å². The number of nitrogens with two attached hydrogens (primary N) is 1. The Morgan fingerprint density at radius 1 is 1.12 bits per heavy atom. The van der Waals surface area contributed by atoms with E-state index in [0.29, 0.717) is 11.6 Å². The molecule has 0 amide bonds. The van der Waals surface area contributed by atoms with Crippen molar-refractivity contribution in [1.29, 1.82) is 0 Å². The van der Waals surface area contributed by atoms with Gasteiger partial charge in [-0.1, -0.05) is 23.7 Å². The van der Waals surface area contributed by atoms with Crippen LogP contribution in [0.1, 0.15) is 11.4 Å². The minimum absolute atomic E-state index is 0.471. The predicted octanol–water partition coefficient (Wildman–Crippen LogP) is 3.00. The maximum absolute atomic E-state index is 6.07. The molecule has 4 heteroatoms. The number of halogens is 1. The van der Waals surface area contributed by atoms with Crippen molar-refractivity contribution in [3.8, 4) is 11.3 Å². The van der Waals surface area contributed by atoms with E-state index in [1.807, 2.05) is 32.0 Å². The molecule has 0 radical (unpaired) electrons. The zero-order valence-corrected chi connectivity index (χ0v) is 9.92. The van der Waals surface area contributed by atoms with E-state index in [1.54, 1.807) is 6.07 Å². The van der Waals surface area contributed by atoms with E-state index >= 15 is 0 Å². The monoisotopic (exact) mass is 233 g/mol. The largest absolute Gasteiger partial charge is 0.384 e. The molecule has 0 unspecified atom stereocenters. The second-order valence-corrected chi connectivity index (χ2v) is 4.10. The van der Waals surface area contributed by atoms with Gasteiger partial charge in [-0.15, -0.1) is 0 Å². The Labute approximate surface area is 99.3 Å². The van der Waals surface area contributed by atoms with Gasteiger partial charge in [0.15, 0.2) is 0 Å². The van der Waals surface area contributed by atoms with E-state index in [9.17, 15) is 0 Å². The van der Waals surface area contributed by atoms with Crippen LogP contribution in [0.25, 0.3) is 11.3 Å². The fourth-order valence-corrected chi connectivity index (χ4v) is 1.67. The lowest BCUT2D eigenvalue weighted by molar-refractivity contribution is 1.07. The number of anilines is 1. The molecule has 0 saturated heterocycles. The van der Waals surface area contributed by atoms with Crippen LogP contribution in [0.3, 0.4) is 0 Å². The first kappa shape index (κ1) is 10.9. The quantitative estimate of drug-likeness (QED) is 0.824. The zero-order chi connectivity index (χ0) is 11.7. The summed E-state index contributed by atoms with van der Waals surface area (Å²) >= 11 is 6.07. The maximum atomic E-state index is 6.07. The molecule has 0 saturated carbocycles. The van der Waals surface area contributed by atoms with Crippen molar-refractivity contribution < 1.29 is 0 Å². The molecule has 82 valence electrons. The smallest absolute Gasteiger partial charge is 0.128 e. The van der Waals surface area contributed by atoms with Gasteiger partial charge in [-0.3, -0.25) is 0 Å². The molecule has 16 heavy (non-hydrogen) atoms. The van der Waals surface area contributed by atoms with Crippen LogP contribution < -0.4 is 5.73 Å². The molecular weight excluding hydrogens is 222 g/mol. The number of benzene rings is 1. The van der Waals surface area contributed by atoms with Gasteiger partial charge >= 0.3 is 0 Å². The van der Waals surface area contributed by atoms with E-state index in [4.69, 9.17) is 17.3 Å². The third-order valence-electron chi connectivity index (χ3n) is 2.33. The first-order valence-corrected chi connectivity index (χ1v) is 5.32. The van der Waals surface area contributed by atoms with Gasteiger partial charge in [0.05, 0.1) is 5.69 Å². The van der Waals surface area contributed by atoms with E-state index < -0.39 is 0 Å². The third-order valence-corrected chi connectivity index (χ3v) is 2.73. The highest BCUT2D eigenvalue weighted by Gasteiger charge is 2.04. The summed E-state index contributed by atoms with van der Waals surface area (Å²) in [7, 11) is 0. The molecular formula is C12H12ClN3. The van der Waals surface area contributed by atoms with Gasteiger partial charge in [0.25, 0.3) is 0 Å². The summed E-state index contributed by atoms with van der Waals surface area (Å²) < 4.78 is 0. The highest BCUT2D eigenvalue weighted by atomic mass is 35.5. The topological polar surface area (TPSA) is 51.8 Å². The van der Waals surface area contributed by atoms with Crippen LogP contribution in [-0.2, 0) is 0 Å². The van der Waals surface area contributed by atoms with Gasteiger partial charge in [0.2, 0.25) is 0 Å². The van der Waals surface area contributed by atoms with Crippen LogP contribution in [0.2, 0.25) is 5.02 Å². The summed E-state index contributed by atoms with van der Waals surface area (Å²) in [6.07, 6.45) is 0. The zero-order valence-electron chi connectivity index (χ0n) is 9.16. The molecule has 2 rings (SSSR count). The third kappa shape index (κ3) is 2.14. The van der Waals surface area contributed by atoms with Gasteiger partial charge in [0, 0.05) is 16.7 Å². The second-order valence-electron chi connectivity index (χ2n) is 3.69. The second kappa shape index (κ2) is 4.10. The fraction of sp³-hybridized carbons (Fsp3) is 0.167. The lowest BCUT2D eigenvalue weighted by atomic mass is 10.1. The lowest BCUT2D eigenvalue weighted by Gasteiger charge is -2.05. The van der Waals surface area contributed by atoms with Gasteiger partial charge in [-0.25, -0.2) is 9.97 Å².